The fourth-order valence-electron chi connectivity index (χ4n) is 1.70. The Labute approximate surface area is 104 Å². The van der Waals surface area contributed by atoms with Gasteiger partial charge in [0.15, 0.2) is 0 Å². The number of H-pyrrole nitrogens is 1. The van der Waals surface area contributed by atoms with Crippen molar-refractivity contribution < 1.29 is 0 Å². The molecule has 1 unspecified atom stereocenters. The van der Waals surface area contributed by atoms with Crippen LogP contribution >= 0.6 is 11.3 Å². The number of rotatable bonds is 4. The van der Waals surface area contributed by atoms with E-state index < -0.39 is 0 Å². The van der Waals surface area contributed by atoms with Crippen molar-refractivity contribution >= 4 is 17.2 Å². The van der Waals surface area contributed by atoms with Crippen LogP contribution in [0.25, 0.3) is 0 Å². The number of anilines is 1. The molecule has 0 bridgehead atoms. The zero-order chi connectivity index (χ0) is 12.3. The smallest absolute Gasteiger partial charge is 0.252 e. The maximum Gasteiger partial charge on any atom is 0.252 e. The van der Waals surface area contributed by atoms with Crippen molar-refractivity contribution in [3.63, 3.8) is 0 Å². The Bertz CT molecular complexity index is 533. The first-order valence-corrected chi connectivity index (χ1v) is 6.45. The summed E-state index contributed by atoms with van der Waals surface area (Å²) in [6, 6.07) is 5.82. The number of thiophene rings is 1. The molecule has 0 aliphatic heterocycles. The minimum atomic E-state index is -0.124. The van der Waals surface area contributed by atoms with Gasteiger partial charge in [-0.25, -0.2) is 4.98 Å². The zero-order valence-corrected chi connectivity index (χ0v) is 10.7. The minimum Gasteiger partial charge on any atom is -0.362 e. The fraction of sp³-hybridized carbons (Fsp3) is 0.333. The average Bonchev–Trinajstić information content (AvgIpc) is 2.77. The molecule has 2 aromatic rings. The molecular formula is C12H15N3OS. The third-order valence-corrected chi connectivity index (χ3v) is 3.46. The molecule has 0 saturated heterocycles. The molecule has 90 valence electrons. The van der Waals surface area contributed by atoms with Crippen molar-refractivity contribution in [3.05, 3.63) is 44.6 Å². The zero-order valence-electron chi connectivity index (χ0n) is 9.86. The Morgan fingerprint density at radius 2 is 2.41 bits per heavy atom. The van der Waals surface area contributed by atoms with Gasteiger partial charge < -0.3 is 10.3 Å². The second kappa shape index (κ2) is 5.14. The van der Waals surface area contributed by atoms with E-state index in [0.29, 0.717) is 11.6 Å². The summed E-state index contributed by atoms with van der Waals surface area (Å²) < 4.78 is 0. The molecule has 0 amide bonds. The van der Waals surface area contributed by atoms with Crippen molar-refractivity contribution in [2.45, 2.75) is 26.3 Å². The number of nitrogens with one attached hydrogen (secondary N) is 2. The summed E-state index contributed by atoms with van der Waals surface area (Å²) in [5, 5.41) is 5.34. The molecule has 0 saturated carbocycles. The van der Waals surface area contributed by atoms with E-state index >= 15 is 0 Å². The Hall–Kier alpha value is -1.62. The molecule has 1 atom stereocenters. The molecule has 0 aliphatic carbocycles. The van der Waals surface area contributed by atoms with Crippen LogP contribution in [0, 0.1) is 6.92 Å². The van der Waals surface area contributed by atoms with Gasteiger partial charge in [-0.15, -0.1) is 11.3 Å². The van der Waals surface area contributed by atoms with Crippen LogP contribution in [0.2, 0.25) is 0 Å². The molecule has 2 rings (SSSR count). The summed E-state index contributed by atoms with van der Waals surface area (Å²) in [5.41, 5.74) is -0.124. The Kier molecular flexibility index (Phi) is 3.58. The standard InChI is InChI=1S/C12H15N3OS/c1-3-9(10-5-4-6-17-10)15-11-7-12(16)14-8(2)13-11/h4-7,9H,3H2,1-2H3,(H2,13,14,15,16). The van der Waals surface area contributed by atoms with E-state index in [1.807, 2.05) is 6.07 Å². The SMILES string of the molecule is CCC(Nc1cc(=O)[nH]c(C)n1)c1cccs1. The van der Waals surface area contributed by atoms with Gasteiger partial charge in [0.05, 0.1) is 6.04 Å². The van der Waals surface area contributed by atoms with Crippen molar-refractivity contribution in [2.24, 2.45) is 0 Å². The summed E-state index contributed by atoms with van der Waals surface area (Å²) in [7, 11) is 0. The summed E-state index contributed by atoms with van der Waals surface area (Å²) in [6.45, 7) is 3.89. The van der Waals surface area contributed by atoms with Gasteiger partial charge in [0.25, 0.3) is 5.56 Å². The van der Waals surface area contributed by atoms with Crippen LogP contribution in [-0.2, 0) is 0 Å². The molecule has 0 aromatic carbocycles. The van der Waals surface area contributed by atoms with Gasteiger partial charge in [-0.2, -0.15) is 0 Å². The highest BCUT2D eigenvalue weighted by Crippen LogP contribution is 2.24. The fourth-order valence-corrected chi connectivity index (χ4v) is 2.56. The lowest BCUT2D eigenvalue weighted by Crippen LogP contribution is -2.15. The van der Waals surface area contributed by atoms with Crippen molar-refractivity contribution in [1.82, 2.24) is 9.97 Å². The molecule has 2 aromatic heterocycles. The molecule has 5 heteroatoms. The number of nitrogens with zero attached hydrogens (tertiary/aromatic N) is 1. The van der Waals surface area contributed by atoms with E-state index in [-0.39, 0.29) is 11.6 Å². The van der Waals surface area contributed by atoms with Crippen molar-refractivity contribution in [1.29, 1.82) is 0 Å². The quantitative estimate of drug-likeness (QED) is 0.876. The third kappa shape index (κ3) is 2.94. The highest BCUT2D eigenvalue weighted by molar-refractivity contribution is 7.10. The van der Waals surface area contributed by atoms with Gasteiger partial charge >= 0.3 is 0 Å². The van der Waals surface area contributed by atoms with E-state index in [9.17, 15) is 4.79 Å². The largest absolute Gasteiger partial charge is 0.362 e. The van der Waals surface area contributed by atoms with Crippen LogP contribution in [-0.4, -0.2) is 9.97 Å². The van der Waals surface area contributed by atoms with Gasteiger partial charge in [-0.3, -0.25) is 4.79 Å². The van der Waals surface area contributed by atoms with Crippen molar-refractivity contribution in [2.75, 3.05) is 5.32 Å². The predicted molar refractivity (Wildman–Crippen MR) is 70.6 cm³/mol. The Morgan fingerprint density at radius 1 is 1.59 bits per heavy atom. The second-order valence-corrected chi connectivity index (χ2v) is 4.82. The normalized spacial score (nSPS) is 12.4. The Morgan fingerprint density at radius 3 is 3.00 bits per heavy atom. The van der Waals surface area contributed by atoms with Gasteiger partial charge in [0, 0.05) is 10.9 Å². The van der Waals surface area contributed by atoms with Gasteiger partial charge in [0.1, 0.15) is 11.6 Å². The molecule has 0 fully saturated rings. The molecule has 17 heavy (non-hydrogen) atoms. The van der Waals surface area contributed by atoms with Crippen molar-refractivity contribution in [3.8, 4) is 0 Å². The van der Waals surface area contributed by atoms with E-state index in [4.69, 9.17) is 0 Å². The van der Waals surface area contributed by atoms with E-state index in [1.165, 1.54) is 10.9 Å². The van der Waals surface area contributed by atoms with Crippen LogP contribution in [0.15, 0.2) is 28.4 Å². The maximum absolute atomic E-state index is 11.3. The predicted octanol–water partition coefficient (Wildman–Crippen LogP) is 2.70. The molecule has 0 spiro atoms. The third-order valence-electron chi connectivity index (χ3n) is 2.48. The summed E-state index contributed by atoms with van der Waals surface area (Å²) in [4.78, 5) is 19.5. The summed E-state index contributed by atoms with van der Waals surface area (Å²) >= 11 is 1.71. The minimum absolute atomic E-state index is 0.124. The second-order valence-electron chi connectivity index (χ2n) is 3.84. The highest BCUT2D eigenvalue weighted by Gasteiger charge is 2.11. The van der Waals surface area contributed by atoms with Gasteiger partial charge in [0.2, 0.25) is 0 Å². The van der Waals surface area contributed by atoms with E-state index in [2.05, 4.69) is 33.7 Å². The first kappa shape index (κ1) is 11.9. The van der Waals surface area contributed by atoms with Gasteiger partial charge in [-0.1, -0.05) is 13.0 Å². The molecule has 0 aliphatic rings. The van der Waals surface area contributed by atoms with Crippen LogP contribution < -0.4 is 10.9 Å². The number of aromatic amines is 1. The number of aromatic nitrogens is 2. The molecule has 4 nitrogen and oxygen atoms in total. The van der Waals surface area contributed by atoms with Crippen LogP contribution in [0.4, 0.5) is 5.82 Å². The molecule has 2 heterocycles. The van der Waals surface area contributed by atoms with Crippen LogP contribution in [0.5, 0.6) is 0 Å². The topological polar surface area (TPSA) is 57.8 Å². The monoisotopic (exact) mass is 249 g/mol. The van der Waals surface area contributed by atoms with Crippen LogP contribution in [0.3, 0.4) is 0 Å². The molecule has 2 N–H and O–H groups in total. The average molecular weight is 249 g/mol. The van der Waals surface area contributed by atoms with E-state index in [1.54, 1.807) is 18.3 Å². The first-order chi connectivity index (χ1) is 8.19. The van der Waals surface area contributed by atoms with Gasteiger partial charge in [-0.05, 0) is 24.8 Å². The maximum atomic E-state index is 11.3. The Balaban J connectivity index is 2.21. The van der Waals surface area contributed by atoms with Crippen LogP contribution in [0.1, 0.15) is 30.1 Å². The molecular weight excluding hydrogens is 234 g/mol. The first-order valence-electron chi connectivity index (χ1n) is 5.57. The lowest BCUT2D eigenvalue weighted by molar-refractivity contribution is 0.756. The number of hydrogen-bond acceptors (Lipinski definition) is 4. The molecule has 0 radical (unpaired) electrons. The summed E-state index contributed by atoms with van der Waals surface area (Å²) in [5.74, 6) is 1.26. The van der Waals surface area contributed by atoms with E-state index in [0.717, 1.165) is 6.42 Å². The highest BCUT2D eigenvalue weighted by atomic mass is 32.1. The lowest BCUT2D eigenvalue weighted by atomic mass is 10.2. The lowest BCUT2D eigenvalue weighted by Gasteiger charge is -2.15. The number of hydrogen-bond donors (Lipinski definition) is 2. The summed E-state index contributed by atoms with van der Waals surface area (Å²) in [6.07, 6.45) is 0.952. The number of aryl methyl sites for hydroxylation is 1.